The number of rotatable bonds is 5. The summed E-state index contributed by atoms with van der Waals surface area (Å²) >= 11 is 3.25. The fourth-order valence-electron chi connectivity index (χ4n) is 2.37. The van der Waals surface area contributed by atoms with Crippen molar-refractivity contribution in [3.05, 3.63) is 16.7 Å². The van der Waals surface area contributed by atoms with Crippen LogP contribution in [0.1, 0.15) is 13.3 Å². The highest BCUT2D eigenvalue weighted by molar-refractivity contribution is 9.10. The molecule has 1 saturated heterocycles. The SMILES string of the molecule is CCCN1CCN(S(=O)(=O)c2cc(Br)cnc2NN)CC1. The van der Waals surface area contributed by atoms with Gasteiger partial charge in [0.05, 0.1) is 0 Å². The molecule has 2 rings (SSSR count). The van der Waals surface area contributed by atoms with E-state index in [1.165, 1.54) is 16.6 Å². The summed E-state index contributed by atoms with van der Waals surface area (Å²) in [6, 6.07) is 1.52. The first-order chi connectivity index (χ1) is 9.98. The Balaban J connectivity index is 2.21. The van der Waals surface area contributed by atoms with Gasteiger partial charge in [0.25, 0.3) is 0 Å². The van der Waals surface area contributed by atoms with Gasteiger partial charge in [0, 0.05) is 36.8 Å². The van der Waals surface area contributed by atoms with Crippen molar-refractivity contribution in [3.8, 4) is 0 Å². The summed E-state index contributed by atoms with van der Waals surface area (Å²) in [5.74, 6) is 5.53. The minimum atomic E-state index is -3.59. The normalized spacial score (nSPS) is 17.9. The topological polar surface area (TPSA) is 91.6 Å². The third-order valence-electron chi connectivity index (χ3n) is 3.44. The molecule has 0 bridgehead atoms. The van der Waals surface area contributed by atoms with Crippen LogP contribution in [-0.4, -0.2) is 55.3 Å². The molecule has 1 aromatic heterocycles. The monoisotopic (exact) mass is 377 g/mol. The summed E-state index contributed by atoms with van der Waals surface area (Å²) in [5, 5.41) is 0. The molecule has 3 N–H and O–H groups in total. The largest absolute Gasteiger partial charge is 0.307 e. The first-order valence-electron chi connectivity index (χ1n) is 6.83. The molecule has 0 amide bonds. The number of hydrogen-bond donors (Lipinski definition) is 2. The molecule has 0 aromatic carbocycles. The highest BCUT2D eigenvalue weighted by Gasteiger charge is 2.30. The fourth-order valence-corrected chi connectivity index (χ4v) is 4.41. The number of pyridine rings is 1. The third kappa shape index (κ3) is 3.72. The Bertz CT molecular complexity index is 587. The Hall–Kier alpha value is -0.740. The number of nitrogens with one attached hydrogen (secondary N) is 1. The number of piperazine rings is 1. The zero-order chi connectivity index (χ0) is 15.5. The number of nitrogen functional groups attached to an aromatic ring is 1. The number of nitrogens with two attached hydrogens (primary N) is 1. The van der Waals surface area contributed by atoms with Gasteiger partial charge < -0.3 is 10.3 Å². The summed E-state index contributed by atoms with van der Waals surface area (Å²) in [6.45, 7) is 5.59. The average Bonchev–Trinajstić information content (AvgIpc) is 2.48. The van der Waals surface area contributed by atoms with Crippen molar-refractivity contribution in [2.45, 2.75) is 18.2 Å². The van der Waals surface area contributed by atoms with Crippen LogP contribution in [0, 0.1) is 0 Å². The molecule has 0 spiro atoms. The molecule has 1 aliphatic heterocycles. The Morgan fingerprint density at radius 3 is 2.62 bits per heavy atom. The third-order valence-corrected chi connectivity index (χ3v) is 5.79. The van der Waals surface area contributed by atoms with Crippen LogP contribution < -0.4 is 11.3 Å². The Labute approximate surface area is 133 Å². The molecule has 0 saturated carbocycles. The molecule has 21 heavy (non-hydrogen) atoms. The number of anilines is 1. The van der Waals surface area contributed by atoms with Crippen molar-refractivity contribution in [1.29, 1.82) is 0 Å². The minimum Gasteiger partial charge on any atom is -0.307 e. The number of nitrogens with zero attached hydrogens (tertiary/aromatic N) is 3. The average molecular weight is 378 g/mol. The highest BCUT2D eigenvalue weighted by Crippen LogP contribution is 2.26. The van der Waals surface area contributed by atoms with E-state index in [4.69, 9.17) is 5.84 Å². The molecule has 2 heterocycles. The summed E-state index contributed by atoms with van der Waals surface area (Å²) in [4.78, 5) is 6.37. The lowest BCUT2D eigenvalue weighted by atomic mass is 10.3. The summed E-state index contributed by atoms with van der Waals surface area (Å²) in [5.41, 5.74) is 2.35. The smallest absolute Gasteiger partial charge is 0.246 e. The van der Waals surface area contributed by atoms with Crippen LogP contribution in [0.4, 0.5) is 5.82 Å². The summed E-state index contributed by atoms with van der Waals surface area (Å²) in [6.07, 6.45) is 2.58. The van der Waals surface area contributed by atoms with E-state index in [1.54, 1.807) is 0 Å². The van der Waals surface area contributed by atoms with Gasteiger partial charge in [0.2, 0.25) is 10.0 Å². The van der Waals surface area contributed by atoms with E-state index < -0.39 is 10.0 Å². The maximum atomic E-state index is 12.7. The first kappa shape index (κ1) is 16.6. The second-order valence-corrected chi connectivity index (χ2v) is 7.71. The number of hydrazine groups is 1. The molecule has 7 nitrogen and oxygen atoms in total. The van der Waals surface area contributed by atoms with E-state index in [-0.39, 0.29) is 10.7 Å². The predicted octanol–water partition coefficient (Wildman–Crippen LogP) is 0.846. The molecule has 118 valence electrons. The quantitative estimate of drug-likeness (QED) is 0.583. The van der Waals surface area contributed by atoms with Gasteiger partial charge >= 0.3 is 0 Å². The van der Waals surface area contributed by atoms with E-state index in [1.807, 2.05) is 0 Å². The molecule has 0 unspecified atom stereocenters. The molecule has 0 aliphatic carbocycles. The van der Waals surface area contributed by atoms with Crippen molar-refractivity contribution in [3.63, 3.8) is 0 Å². The van der Waals surface area contributed by atoms with Gasteiger partial charge in [-0.25, -0.2) is 19.2 Å². The van der Waals surface area contributed by atoms with Gasteiger partial charge in [-0.05, 0) is 35.0 Å². The van der Waals surface area contributed by atoms with Crippen LogP contribution in [0.5, 0.6) is 0 Å². The summed E-state index contributed by atoms with van der Waals surface area (Å²) < 4.78 is 27.6. The lowest BCUT2D eigenvalue weighted by molar-refractivity contribution is 0.188. The van der Waals surface area contributed by atoms with E-state index in [0.717, 1.165) is 26.1 Å². The fraction of sp³-hybridized carbons (Fsp3) is 0.583. The van der Waals surface area contributed by atoms with Crippen molar-refractivity contribution < 1.29 is 8.42 Å². The van der Waals surface area contributed by atoms with Gasteiger partial charge in [-0.3, -0.25) is 0 Å². The molecule has 1 aliphatic rings. The van der Waals surface area contributed by atoms with Crippen molar-refractivity contribution in [2.24, 2.45) is 5.84 Å². The van der Waals surface area contributed by atoms with Gasteiger partial charge in [0.1, 0.15) is 4.90 Å². The van der Waals surface area contributed by atoms with Crippen LogP contribution in [0.15, 0.2) is 21.6 Å². The van der Waals surface area contributed by atoms with E-state index in [9.17, 15) is 8.42 Å². The number of sulfonamides is 1. The predicted molar refractivity (Wildman–Crippen MR) is 85.2 cm³/mol. The van der Waals surface area contributed by atoms with Crippen molar-refractivity contribution in [1.82, 2.24) is 14.2 Å². The Kier molecular flexibility index (Phi) is 5.55. The maximum Gasteiger partial charge on any atom is 0.246 e. The molecule has 0 atom stereocenters. The highest BCUT2D eigenvalue weighted by atomic mass is 79.9. The zero-order valence-electron chi connectivity index (χ0n) is 11.9. The van der Waals surface area contributed by atoms with Gasteiger partial charge in [0.15, 0.2) is 5.82 Å². The molecule has 1 fully saturated rings. The first-order valence-corrected chi connectivity index (χ1v) is 9.07. The summed E-state index contributed by atoms with van der Waals surface area (Å²) in [7, 11) is -3.59. The van der Waals surface area contributed by atoms with E-state index in [2.05, 4.69) is 38.2 Å². The van der Waals surface area contributed by atoms with Crippen LogP contribution in [0.2, 0.25) is 0 Å². The zero-order valence-corrected chi connectivity index (χ0v) is 14.3. The molecule has 1 aromatic rings. The number of aromatic nitrogens is 1. The van der Waals surface area contributed by atoms with E-state index >= 15 is 0 Å². The molecular weight excluding hydrogens is 358 g/mol. The second-order valence-electron chi connectivity index (χ2n) is 4.89. The van der Waals surface area contributed by atoms with E-state index in [0.29, 0.717) is 17.6 Å². The Morgan fingerprint density at radius 2 is 2.05 bits per heavy atom. The molecule has 9 heteroatoms. The van der Waals surface area contributed by atoms with Crippen LogP contribution in [0.3, 0.4) is 0 Å². The van der Waals surface area contributed by atoms with Crippen LogP contribution in [-0.2, 0) is 10.0 Å². The lowest BCUT2D eigenvalue weighted by Crippen LogP contribution is -2.48. The minimum absolute atomic E-state index is 0.100. The standard InChI is InChI=1S/C12H20BrN5O2S/c1-2-3-17-4-6-18(7-5-17)21(19,20)11-8-10(13)9-15-12(11)16-14/h8-9H,2-7,14H2,1H3,(H,15,16). The number of halogens is 1. The van der Waals surface area contributed by atoms with Crippen molar-refractivity contribution >= 4 is 31.8 Å². The van der Waals surface area contributed by atoms with Gasteiger partial charge in [-0.2, -0.15) is 4.31 Å². The number of hydrogen-bond acceptors (Lipinski definition) is 6. The second kappa shape index (κ2) is 7.01. The van der Waals surface area contributed by atoms with Crippen LogP contribution >= 0.6 is 15.9 Å². The Morgan fingerprint density at radius 1 is 1.38 bits per heavy atom. The molecular formula is C12H20BrN5O2S. The lowest BCUT2D eigenvalue weighted by Gasteiger charge is -2.33. The maximum absolute atomic E-state index is 12.7. The molecule has 0 radical (unpaired) electrons. The van der Waals surface area contributed by atoms with Crippen LogP contribution in [0.25, 0.3) is 0 Å². The van der Waals surface area contributed by atoms with Gasteiger partial charge in [-0.1, -0.05) is 6.92 Å². The van der Waals surface area contributed by atoms with Gasteiger partial charge in [-0.15, -0.1) is 0 Å². The van der Waals surface area contributed by atoms with Crippen molar-refractivity contribution in [2.75, 3.05) is 38.1 Å².